The fourth-order valence-electron chi connectivity index (χ4n) is 4.99. The van der Waals surface area contributed by atoms with E-state index in [1.54, 1.807) is 25.1 Å². The lowest BCUT2D eigenvalue weighted by atomic mass is 9.85. The van der Waals surface area contributed by atoms with E-state index in [1.165, 1.54) is 24.3 Å². The van der Waals surface area contributed by atoms with Gasteiger partial charge in [-0.25, -0.2) is 12.4 Å². The van der Waals surface area contributed by atoms with Crippen molar-refractivity contribution in [1.82, 2.24) is 8.87 Å². The summed E-state index contributed by atoms with van der Waals surface area (Å²) in [5, 5.41) is 9.27. The molecule has 37 heavy (non-hydrogen) atoms. The molecule has 0 unspecified atom stereocenters. The van der Waals surface area contributed by atoms with Crippen LogP contribution in [0.25, 0.3) is 10.9 Å². The first-order valence-electron chi connectivity index (χ1n) is 12.1. The second-order valence-corrected chi connectivity index (χ2v) is 11.6. The SMILES string of the molecule is Cc1ccc(S(=O)(=O)n2c(C(=O)CC#N)cc3cc(C4CCN(C(C)C)CC4)c(C(F)(F)F)cc32)cc1. The van der Waals surface area contributed by atoms with Gasteiger partial charge in [0.1, 0.15) is 12.1 Å². The minimum atomic E-state index is -4.72. The lowest BCUT2D eigenvalue weighted by molar-refractivity contribution is -0.138. The fourth-order valence-corrected chi connectivity index (χ4v) is 6.51. The van der Waals surface area contributed by atoms with Gasteiger partial charge in [-0.2, -0.15) is 18.4 Å². The molecule has 0 N–H and O–H groups in total. The molecular weight excluding hydrogens is 503 g/mol. The van der Waals surface area contributed by atoms with Crippen LogP contribution in [0.3, 0.4) is 0 Å². The van der Waals surface area contributed by atoms with Crippen molar-refractivity contribution < 1.29 is 26.4 Å². The zero-order chi connectivity index (χ0) is 27.1. The molecule has 0 bridgehead atoms. The average molecular weight is 532 g/mol. The minimum absolute atomic E-state index is 0.104. The maximum Gasteiger partial charge on any atom is 0.416 e. The van der Waals surface area contributed by atoms with E-state index in [0.29, 0.717) is 35.9 Å². The highest BCUT2D eigenvalue weighted by molar-refractivity contribution is 7.90. The molecule has 4 rings (SSSR count). The van der Waals surface area contributed by atoms with Gasteiger partial charge in [0.2, 0.25) is 0 Å². The standard InChI is InChI=1S/C27H28F3N3O3S/c1-17(2)32-12-9-19(10-13-32)22-14-20-15-25(26(34)8-11-31)33(24(20)16-23(22)27(28,29)30)37(35,36)21-6-4-18(3)5-7-21/h4-7,14-17,19H,8-10,12-13H2,1-3H3. The van der Waals surface area contributed by atoms with Crippen molar-refractivity contribution in [1.29, 1.82) is 5.26 Å². The Kier molecular flexibility index (Phi) is 7.23. The second-order valence-electron chi connectivity index (χ2n) is 9.77. The summed E-state index contributed by atoms with van der Waals surface area (Å²) in [7, 11) is -4.44. The Labute approximate surface area is 214 Å². The monoisotopic (exact) mass is 531 g/mol. The van der Waals surface area contributed by atoms with Crippen molar-refractivity contribution in [2.24, 2.45) is 0 Å². The molecule has 196 valence electrons. The van der Waals surface area contributed by atoms with E-state index in [9.17, 15) is 26.4 Å². The summed E-state index contributed by atoms with van der Waals surface area (Å²) in [6.07, 6.45) is -4.25. The van der Waals surface area contributed by atoms with Gasteiger partial charge in [-0.15, -0.1) is 0 Å². The number of nitrogens with zero attached hydrogens (tertiary/aromatic N) is 3. The summed E-state index contributed by atoms with van der Waals surface area (Å²) in [4.78, 5) is 14.8. The van der Waals surface area contributed by atoms with Gasteiger partial charge in [-0.3, -0.25) is 4.79 Å². The summed E-state index contributed by atoms with van der Waals surface area (Å²) in [5.74, 6) is -1.14. The Hall–Kier alpha value is -3.16. The number of Topliss-reactive ketones (excluding diaryl/α,β-unsaturated/α-hetero) is 1. The van der Waals surface area contributed by atoms with Crippen molar-refractivity contribution in [2.45, 2.75) is 63.1 Å². The van der Waals surface area contributed by atoms with Crippen LogP contribution >= 0.6 is 0 Å². The largest absolute Gasteiger partial charge is 0.416 e. The number of alkyl halides is 3. The van der Waals surface area contributed by atoms with Crippen molar-refractivity contribution >= 4 is 26.7 Å². The predicted molar refractivity (Wildman–Crippen MR) is 134 cm³/mol. The first-order chi connectivity index (χ1) is 17.3. The third-order valence-corrected chi connectivity index (χ3v) is 8.76. The van der Waals surface area contributed by atoms with Gasteiger partial charge in [-0.05, 0) is 88.5 Å². The highest BCUT2D eigenvalue weighted by atomic mass is 32.2. The number of hydrogen-bond acceptors (Lipinski definition) is 5. The Morgan fingerprint density at radius 2 is 1.73 bits per heavy atom. The van der Waals surface area contributed by atoms with Crippen LogP contribution < -0.4 is 0 Å². The molecule has 6 nitrogen and oxygen atoms in total. The quantitative estimate of drug-likeness (QED) is 0.371. The van der Waals surface area contributed by atoms with Gasteiger partial charge in [0.25, 0.3) is 10.0 Å². The molecule has 1 saturated heterocycles. The van der Waals surface area contributed by atoms with Crippen molar-refractivity contribution in [3.8, 4) is 6.07 Å². The van der Waals surface area contributed by atoms with Crippen LogP contribution in [0, 0.1) is 18.3 Å². The molecule has 2 heterocycles. The zero-order valence-corrected chi connectivity index (χ0v) is 21.7. The lowest BCUT2D eigenvalue weighted by Gasteiger charge is -2.35. The molecule has 0 spiro atoms. The smallest absolute Gasteiger partial charge is 0.301 e. The second kappa shape index (κ2) is 9.95. The molecule has 10 heteroatoms. The number of carbonyl (C=O) groups excluding carboxylic acids is 1. The Bertz CT molecular complexity index is 1480. The Balaban J connectivity index is 1.95. The van der Waals surface area contributed by atoms with E-state index in [-0.39, 0.29) is 33.0 Å². The van der Waals surface area contributed by atoms with E-state index in [0.717, 1.165) is 11.6 Å². The third kappa shape index (κ3) is 5.15. The van der Waals surface area contributed by atoms with Crippen LogP contribution in [0.5, 0.6) is 0 Å². The number of halogens is 3. The maximum absolute atomic E-state index is 14.3. The number of nitriles is 1. The van der Waals surface area contributed by atoms with Crippen molar-refractivity contribution in [3.05, 3.63) is 64.8 Å². The number of benzene rings is 2. The Morgan fingerprint density at radius 1 is 1.11 bits per heavy atom. The number of ketones is 1. The van der Waals surface area contributed by atoms with E-state index >= 15 is 0 Å². The number of piperidine rings is 1. The predicted octanol–water partition coefficient (Wildman–Crippen LogP) is 5.89. The molecule has 0 amide bonds. The topological polar surface area (TPSA) is 83.2 Å². The van der Waals surface area contributed by atoms with Gasteiger partial charge in [-0.1, -0.05) is 17.7 Å². The van der Waals surface area contributed by atoms with Gasteiger partial charge in [0.05, 0.1) is 22.0 Å². The number of likely N-dealkylation sites (tertiary alicyclic amines) is 1. The summed E-state index contributed by atoms with van der Waals surface area (Å²) in [5.41, 5.74) is -0.576. The molecule has 0 saturated carbocycles. The molecule has 0 aliphatic carbocycles. The number of aryl methyl sites for hydroxylation is 1. The summed E-state index contributed by atoms with van der Waals surface area (Å²) in [6.45, 7) is 7.18. The number of fused-ring (bicyclic) bond motifs is 1. The van der Waals surface area contributed by atoms with Crippen LogP contribution in [0.15, 0.2) is 47.4 Å². The number of rotatable bonds is 6. The summed E-state index contributed by atoms with van der Waals surface area (Å²) < 4.78 is 71.0. The highest BCUT2D eigenvalue weighted by Gasteiger charge is 2.38. The van der Waals surface area contributed by atoms with E-state index < -0.39 is 34.0 Å². The molecular formula is C27H28F3N3O3S. The van der Waals surface area contributed by atoms with Gasteiger partial charge in [0, 0.05) is 11.4 Å². The van der Waals surface area contributed by atoms with Crippen LogP contribution in [0.1, 0.15) is 66.2 Å². The van der Waals surface area contributed by atoms with E-state index in [1.807, 2.05) is 13.8 Å². The van der Waals surface area contributed by atoms with Crippen LogP contribution in [0.4, 0.5) is 13.2 Å². The van der Waals surface area contributed by atoms with E-state index in [2.05, 4.69) is 4.90 Å². The van der Waals surface area contributed by atoms with Gasteiger partial charge < -0.3 is 4.90 Å². The Morgan fingerprint density at radius 3 is 2.27 bits per heavy atom. The van der Waals surface area contributed by atoms with E-state index in [4.69, 9.17) is 5.26 Å². The molecule has 0 radical (unpaired) electrons. The van der Waals surface area contributed by atoms with Crippen LogP contribution in [-0.2, 0) is 16.2 Å². The first-order valence-corrected chi connectivity index (χ1v) is 13.5. The fraction of sp³-hybridized carbons (Fsp3) is 0.407. The normalized spacial score (nSPS) is 15.8. The van der Waals surface area contributed by atoms with Crippen LogP contribution in [0.2, 0.25) is 0 Å². The van der Waals surface area contributed by atoms with Crippen LogP contribution in [-0.4, -0.2) is 42.2 Å². The van der Waals surface area contributed by atoms with Crippen molar-refractivity contribution in [2.75, 3.05) is 13.1 Å². The molecule has 3 aromatic rings. The zero-order valence-electron chi connectivity index (χ0n) is 20.8. The highest BCUT2D eigenvalue weighted by Crippen LogP contribution is 2.42. The molecule has 1 aliphatic rings. The number of hydrogen-bond donors (Lipinski definition) is 0. The molecule has 2 aromatic carbocycles. The van der Waals surface area contributed by atoms with Crippen molar-refractivity contribution in [3.63, 3.8) is 0 Å². The minimum Gasteiger partial charge on any atom is -0.301 e. The van der Waals surface area contributed by atoms with Gasteiger partial charge in [0.15, 0.2) is 5.78 Å². The summed E-state index contributed by atoms with van der Waals surface area (Å²) in [6, 6.07) is 11.3. The molecule has 1 aromatic heterocycles. The third-order valence-electron chi connectivity index (χ3n) is 7.02. The average Bonchev–Trinajstić information content (AvgIpc) is 3.23. The number of aromatic nitrogens is 1. The molecule has 1 fully saturated rings. The molecule has 1 aliphatic heterocycles. The van der Waals surface area contributed by atoms with Gasteiger partial charge >= 0.3 is 6.18 Å². The first kappa shape index (κ1) is 26.9. The number of carbonyl (C=O) groups is 1. The maximum atomic E-state index is 14.3. The summed E-state index contributed by atoms with van der Waals surface area (Å²) >= 11 is 0. The lowest BCUT2D eigenvalue weighted by Crippen LogP contribution is -2.38. The molecule has 0 atom stereocenters.